The van der Waals surface area contributed by atoms with Gasteiger partial charge in [-0.15, -0.1) is 0 Å². The first-order chi connectivity index (χ1) is 13.2. The Balaban J connectivity index is 1.76. The number of pyridine rings is 1. The summed E-state index contributed by atoms with van der Waals surface area (Å²) in [4.78, 5) is 27.4. The molecule has 1 aliphatic heterocycles. The molecular formula is C18H18F3N3O4. The Kier molecular flexibility index (Phi) is 5.30. The van der Waals surface area contributed by atoms with E-state index in [1.807, 2.05) is 0 Å². The Morgan fingerprint density at radius 1 is 1.39 bits per heavy atom. The maximum atomic E-state index is 12.5. The van der Waals surface area contributed by atoms with E-state index in [0.29, 0.717) is 10.8 Å². The van der Waals surface area contributed by atoms with Crippen molar-refractivity contribution in [2.45, 2.75) is 25.1 Å². The molecule has 1 unspecified atom stereocenters. The average molecular weight is 397 g/mol. The van der Waals surface area contributed by atoms with Crippen LogP contribution in [0.4, 0.5) is 13.2 Å². The lowest BCUT2D eigenvalue weighted by molar-refractivity contribution is -0.151. The number of amides is 2. The fourth-order valence-electron chi connectivity index (χ4n) is 3.22. The number of nitrogens with two attached hydrogens (primary N) is 1. The molecule has 0 radical (unpaired) electrons. The van der Waals surface area contributed by atoms with Gasteiger partial charge in [0.05, 0.1) is 25.1 Å². The number of nitrogens with zero attached hydrogens (tertiary/aromatic N) is 1. The standard InChI is InChI=1S/C18H18F3N3O4/c1-27-14-6-12-9(5-13(14)15(22)25)2-3-23-17(12)28-8-11-4-10(16(26)24-11)7-18(19,20)21/h2-3,5-6,10-11H,4,7-8H2,1H3,(H2,22,25)(H,24,26)/t10-,11?/m1/s1. The van der Waals surface area contributed by atoms with Crippen LogP contribution >= 0.6 is 0 Å². The first kappa shape index (κ1) is 19.7. The Hall–Kier alpha value is -3.04. The molecule has 0 bridgehead atoms. The van der Waals surface area contributed by atoms with Crippen LogP contribution in [0.15, 0.2) is 24.4 Å². The van der Waals surface area contributed by atoms with Crippen molar-refractivity contribution in [2.24, 2.45) is 11.7 Å². The summed E-state index contributed by atoms with van der Waals surface area (Å²) < 4.78 is 48.4. The molecule has 0 spiro atoms. The number of aromatic nitrogens is 1. The number of halogens is 3. The highest BCUT2D eigenvalue weighted by molar-refractivity contribution is 6.01. The molecule has 2 amide bonds. The number of nitrogens with one attached hydrogen (secondary N) is 1. The predicted octanol–water partition coefficient (Wildman–Crippen LogP) is 2.18. The Morgan fingerprint density at radius 2 is 2.14 bits per heavy atom. The molecule has 1 aliphatic rings. The molecule has 2 atom stereocenters. The van der Waals surface area contributed by atoms with Crippen LogP contribution in [0.25, 0.3) is 10.8 Å². The van der Waals surface area contributed by atoms with Gasteiger partial charge in [0.1, 0.15) is 12.4 Å². The third kappa shape index (κ3) is 4.26. The van der Waals surface area contributed by atoms with Crippen LogP contribution in [0.1, 0.15) is 23.2 Å². The van der Waals surface area contributed by atoms with Crippen molar-refractivity contribution < 1.29 is 32.2 Å². The van der Waals surface area contributed by atoms with Crippen LogP contribution in [0, 0.1) is 5.92 Å². The second-order valence-electron chi connectivity index (χ2n) is 6.52. The number of carbonyl (C=O) groups excluding carboxylic acids is 2. The highest BCUT2D eigenvalue weighted by Gasteiger charge is 2.40. The van der Waals surface area contributed by atoms with Crippen LogP contribution in [0.2, 0.25) is 0 Å². The van der Waals surface area contributed by atoms with Crippen LogP contribution in [0.3, 0.4) is 0 Å². The number of rotatable bonds is 6. The average Bonchev–Trinajstić information content (AvgIpc) is 2.96. The van der Waals surface area contributed by atoms with Crippen LogP contribution in [0.5, 0.6) is 11.6 Å². The lowest BCUT2D eigenvalue weighted by atomic mass is 10.0. The summed E-state index contributed by atoms with van der Waals surface area (Å²) in [6.07, 6.45) is -4.06. The van der Waals surface area contributed by atoms with Gasteiger partial charge in [-0.25, -0.2) is 4.98 Å². The zero-order chi connectivity index (χ0) is 20.5. The Bertz CT molecular complexity index is 917. The Labute approximate surface area is 158 Å². The topological polar surface area (TPSA) is 104 Å². The number of methoxy groups -OCH3 is 1. The normalized spacial score (nSPS) is 19.5. The van der Waals surface area contributed by atoms with Gasteiger partial charge in [0.25, 0.3) is 5.91 Å². The molecule has 7 nitrogen and oxygen atoms in total. The largest absolute Gasteiger partial charge is 0.496 e. The summed E-state index contributed by atoms with van der Waals surface area (Å²) in [5, 5.41) is 3.69. The van der Waals surface area contributed by atoms with E-state index in [0.717, 1.165) is 0 Å². The van der Waals surface area contributed by atoms with Crippen molar-refractivity contribution in [1.29, 1.82) is 0 Å². The predicted molar refractivity (Wildman–Crippen MR) is 93.0 cm³/mol. The van der Waals surface area contributed by atoms with Crippen LogP contribution < -0.4 is 20.5 Å². The zero-order valence-corrected chi connectivity index (χ0v) is 14.9. The van der Waals surface area contributed by atoms with Crippen LogP contribution in [-0.4, -0.2) is 42.7 Å². The summed E-state index contributed by atoms with van der Waals surface area (Å²) in [5.41, 5.74) is 5.54. The molecule has 3 N–H and O–H groups in total. The Morgan fingerprint density at radius 3 is 2.79 bits per heavy atom. The molecule has 2 aromatic rings. The number of alkyl halides is 3. The fraction of sp³-hybridized carbons (Fsp3) is 0.389. The van der Waals surface area contributed by atoms with Gasteiger partial charge in [-0.1, -0.05) is 0 Å². The number of primary amides is 1. The van der Waals surface area contributed by atoms with Gasteiger partial charge >= 0.3 is 6.18 Å². The fourth-order valence-corrected chi connectivity index (χ4v) is 3.22. The lowest BCUT2D eigenvalue weighted by Gasteiger charge is -2.14. The minimum absolute atomic E-state index is 0.0260. The quantitative estimate of drug-likeness (QED) is 0.778. The van der Waals surface area contributed by atoms with E-state index in [-0.39, 0.29) is 30.2 Å². The van der Waals surface area contributed by atoms with Crippen LogP contribution in [-0.2, 0) is 4.79 Å². The molecule has 1 aromatic heterocycles. The van der Waals surface area contributed by atoms with Gasteiger partial charge in [0, 0.05) is 17.5 Å². The first-order valence-corrected chi connectivity index (χ1v) is 8.44. The summed E-state index contributed by atoms with van der Waals surface area (Å²) >= 11 is 0. The molecule has 150 valence electrons. The van der Waals surface area contributed by atoms with E-state index >= 15 is 0 Å². The maximum Gasteiger partial charge on any atom is 0.389 e. The van der Waals surface area contributed by atoms with E-state index in [1.165, 1.54) is 13.3 Å². The second kappa shape index (κ2) is 7.53. The summed E-state index contributed by atoms with van der Waals surface area (Å²) in [6.45, 7) is -0.0356. The zero-order valence-electron chi connectivity index (χ0n) is 14.9. The van der Waals surface area contributed by atoms with E-state index in [1.54, 1.807) is 18.2 Å². The molecule has 1 saturated heterocycles. The number of hydrogen-bond acceptors (Lipinski definition) is 5. The molecule has 0 saturated carbocycles. The van der Waals surface area contributed by atoms with E-state index < -0.39 is 36.4 Å². The molecule has 28 heavy (non-hydrogen) atoms. The van der Waals surface area contributed by atoms with Crippen molar-refractivity contribution >= 4 is 22.6 Å². The van der Waals surface area contributed by atoms with Gasteiger partial charge in [-0.05, 0) is 30.0 Å². The van der Waals surface area contributed by atoms with Gasteiger partial charge < -0.3 is 20.5 Å². The molecule has 1 fully saturated rings. The minimum atomic E-state index is -4.40. The van der Waals surface area contributed by atoms with E-state index in [4.69, 9.17) is 15.2 Å². The number of carbonyl (C=O) groups is 2. The van der Waals surface area contributed by atoms with Gasteiger partial charge in [0.2, 0.25) is 11.8 Å². The lowest BCUT2D eigenvalue weighted by Crippen LogP contribution is -2.31. The second-order valence-corrected chi connectivity index (χ2v) is 6.52. The van der Waals surface area contributed by atoms with Crippen molar-refractivity contribution in [3.8, 4) is 11.6 Å². The van der Waals surface area contributed by atoms with Crippen molar-refractivity contribution in [2.75, 3.05) is 13.7 Å². The first-order valence-electron chi connectivity index (χ1n) is 8.44. The van der Waals surface area contributed by atoms with Gasteiger partial charge in [0.15, 0.2) is 0 Å². The number of hydrogen-bond donors (Lipinski definition) is 2. The van der Waals surface area contributed by atoms with E-state index in [9.17, 15) is 22.8 Å². The molecule has 0 aliphatic carbocycles. The molecule has 2 heterocycles. The third-order valence-electron chi connectivity index (χ3n) is 4.50. The minimum Gasteiger partial charge on any atom is -0.496 e. The molecule has 1 aromatic carbocycles. The number of ether oxygens (including phenoxy) is 2. The maximum absolute atomic E-state index is 12.5. The van der Waals surface area contributed by atoms with Gasteiger partial charge in [-0.3, -0.25) is 9.59 Å². The third-order valence-corrected chi connectivity index (χ3v) is 4.50. The van der Waals surface area contributed by atoms with Crippen molar-refractivity contribution in [3.05, 3.63) is 30.0 Å². The number of benzene rings is 1. The highest BCUT2D eigenvalue weighted by atomic mass is 19.4. The molecule has 3 rings (SSSR count). The molecular weight excluding hydrogens is 379 g/mol. The van der Waals surface area contributed by atoms with Crippen molar-refractivity contribution in [3.63, 3.8) is 0 Å². The number of fused-ring (bicyclic) bond motifs is 1. The monoisotopic (exact) mass is 397 g/mol. The molecule has 10 heteroatoms. The summed E-state index contributed by atoms with van der Waals surface area (Å²) in [6, 6.07) is 4.20. The van der Waals surface area contributed by atoms with Gasteiger partial charge in [-0.2, -0.15) is 13.2 Å². The summed E-state index contributed by atoms with van der Waals surface area (Å²) in [5.74, 6) is -1.95. The summed E-state index contributed by atoms with van der Waals surface area (Å²) in [7, 11) is 1.39. The smallest absolute Gasteiger partial charge is 0.389 e. The van der Waals surface area contributed by atoms with E-state index in [2.05, 4.69) is 10.3 Å². The highest BCUT2D eigenvalue weighted by Crippen LogP contribution is 2.32. The SMILES string of the molecule is COc1cc2c(OCC3C[C@H](CC(F)(F)F)C(=O)N3)nccc2cc1C(N)=O. The van der Waals surface area contributed by atoms with Crippen molar-refractivity contribution in [1.82, 2.24) is 10.3 Å².